The number of hydrogen-bond acceptors (Lipinski definition) is 5. The molecule has 4 rings (SSSR count). The number of hydrogen-bond donors (Lipinski definition) is 1. The van der Waals surface area contributed by atoms with Gasteiger partial charge in [0, 0.05) is 0 Å². The Morgan fingerprint density at radius 1 is 1.19 bits per heavy atom. The first-order valence-corrected chi connectivity index (χ1v) is 8.67. The maximum absolute atomic E-state index is 13.3. The summed E-state index contributed by atoms with van der Waals surface area (Å²) >= 11 is 1.29. The van der Waals surface area contributed by atoms with Crippen LogP contribution in [0.3, 0.4) is 0 Å². The number of para-hydroxylation sites is 1. The lowest BCUT2D eigenvalue weighted by atomic mass is 9.97. The topological polar surface area (TPSA) is 70.5 Å². The maximum atomic E-state index is 13.3. The number of anilines is 1. The first kappa shape index (κ1) is 16.4. The summed E-state index contributed by atoms with van der Waals surface area (Å²) < 4.78 is 14.2. The smallest absolute Gasteiger partial charge is 0.296 e. The average Bonchev–Trinajstić information content (AvgIpc) is 3.15. The molecule has 1 atom stereocenters. The molecule has 0 saturated carbocycles. The highest BCUT2D eigenvalue weighted by Crippen LogP contribution is 2.43. The number of thiazole rings is 1. The lowest BCUT2D eigenvalue weighted by molar-refractivity contribution is -0.117. The number of halogens is 1. The van der Waals surface area contributed by atoms with Gasteiger partial charge in [-0.05, 0) is 36.8 Å². The molecule has 1 aromatic heterocycles. The van der Waals surface area contributed by atoms with E-state index in [1.807, 2.05) is 24.3 Å². The highest BCUT2D eigenvalue weighted by atomic mass is 32.1. The Balaban J connectivity index is 1.90. The third kappa shape index (κ3) is 2.48. The molecule has 1 N–H and O–H groups in total. The van der Waals surface area contributed by atoms with Crippen LogP contribution in [0, 0.1) is 5.82 Å². The van der Waals surface area contributed by atoms with Crippen molar-refractivity contribution in [1.29, 1.82) is 0 Å². The fourth-order valence-electron chi connectivity index (χ4n) is 3.09. The van der Waals surface area contributed by atoms with E-state index in [0.29, 0.717) is 16.2 Å². The van der Waals surface area contributed by atoms with Crippen LogP contribution in [-0.4, -0.2) is 21.8 Å². The summed E-state index contributed by atoms with van der Waals surface area (Å²) in [5.41, 5.74) is 1.23. The molecule has 0 aliphatic carbocycles. The molecule has 2 aromatic carbocycles. The van der Waals surface area contributed by atoms with Gasteiger partial charge in [-0.1, -0.05) is 35.6 Å². The largest absolute Gasteiger partial charge is 0.503 e. The molecule has 0 bridgehead atoms. The SMILES string of the molecule is CC(=O)C1=C(O)C(=O)N(c2nc3ccccc3s2)[C@@H]1c1ccc(F)cc1. The molecule has 1 aliphatic heterocycles. The summed E-state index contributed by atoms with van der Waals surface area (Å²) in [6, 6.07) is 12.1. The van der Waals surface area contributed by atoms with Gasteiger partial charge in [0.2, 0.25) is 0 Å². The first-order chi connectivity index (χ1) is 12.5. The van der Waals surface area contributed by atoms with Crippen molar-refractivity contribution in [1.82, 2.24) is 4.98 Å². The Kier molecular flexibility index (Phi) is 3.81. The molecule has 7 heteroatoms. The minimum atomic E-state index is -0.846. The molecular formula is C19H13FN2O3S. The van der Waals surface area contributed by atoms with Crippen LogP contribution in [0.2, 0.25) is 0 Å². The third-order valence-electron chi connectivity index (χ3n) is 4.26. The van der Waals surface area contributed by atoms with Gasteiger partial charge in [-0.3, -0.25) is 14.5 Å². The molecule has 3 aromatic rings. The Labute approximate surface area is 152 Å². The number of nitrogens with zero attached hydrogens (tertiary/aromatic N) is 2. The van der Waals surface area contributed by atoms with Gasteiger partial charge >= 0.3 is 0 Å². The molecule has 1 aliphatic rings. The van der Waals surface area contributed by atoms with Crippen LogP contribution < -0.4 is 4.90 Å². The van der Waals surface area contributed by atoms with E-state index in [0.717, 1.165) is 4.70 Å². The van der Waals surface area contributed by atoms with Crippen molar-refractivity contribution in [2.24, 2.45) is 0 Å². The van der Waals surface area contributed by atoms with Crippen LogP contribution in [0.5, 0.6) is 0 Å². The second kappa shape index (κ2) is 6.03. The van der Waals surface area contributed by atoms with Crippen molar-refractivity contribution in [3.8, 4) is 0 Å². The summed E-state index contributed by atoms with van der Waals surface area (Å²) in [6.45, 7) is 1.29. The number of aliphatic hydroxyl groups is 1. The zero-order valence-electron chi connectivity index (χ0n) is 13.6. The highest BCUT2D eigenvalue weighted by Gasteiger charge is 2.44. The molecule has 26 heavy (non-hydrogen) atoms. The number of Topliss-reactive ketones (excluding diaryl/α,β-unsaturated/α-hetero) is 1. The van der Waals surface area contributed by atoms with Gasteiger partial charge in [0.15, 0.2) is 16.7 Å². The van der Waals surface area contributed by atoms with Crippen LogP contribution >= 0.6 is 11.3 Å². The van der Waals surface area contributed by atoms with E-state index in [2.05, 4.69) is 4.98 Å². The van der Waals surface area contributed by atoms with Crippen LogP contribution in [0.4, 0.5) is 9.52 Å². The van der Waals surface area contributed by atoms with Crippen LogP contribution in [0.1, 0.15) is 18.5 Å². The second-order valence-electron chi connectivity index (χ2n) is 5.91. The summed E-state index contributed by atoms with van der Waals surface area (Å²) in [6.07, 6.45) is 0. The number of benzene rings is 2. The van der Waals surface area contributed by atoms with Gasteiger partial charge in [-0.25, -0.2) is 9.37 Å². The van der Waals surface area contributed by atoms with Crippen molar-refractivity contribution >= 4 is 38.4 Å². The first-order valence-electron chi connectivity index (χ1n) is 7.86. The Hall–Kier alpha value is -3.06. The van der Waals surface area contributed by atoms with Crippen LogP contribution in [0.25, 0.3) is 10.2 Å². The standard InChI is InChI=1S/C19H13FN2O3S/c1-10(23)15-16(11-6-8-12(20)9-7-11)22(18(25)17(15)24)19-21-13-4-2-3-5-14(13)26-19/h2-9,16,24H,1H3/t16-/m1/s1. The minimum absolute atomic E-state index is 0.0131. The van der Waals surface area contributed by atoms with Crippen molar-refractivity contribution in [3.63, 3.8) is 0 Å². The zero-order valence-corrected chi connectivity index (χ0v) is 14.5. The van der Waals surface area contributed by atoms with Crippen molar-refractivity contribution < 1.29 is 19.1 Å². The maximum Gasteiger partial charge on any atom is 0.296 e. The van der Waals surface area contributed by atoms with Gasteiger partial charge in [-0.15, -0.1) is 0 Å². The molecule has 130 valence electrons. The number of amides is 1. The molecule has 0 saturated heterocycles. The number of aromatic nitrogens is 1. The molecule has 0 fully saturated rings. The zero-order chi connectivity index (χ0) is 18.4. The van der Waals surface area contributed by atoms with E-state index in [-0.39, 0.29) is 5.57 Å². The number of rotatable bonds is 3. The number of carbonyl (C=O) groups is 2. The second-order valence-corrected chi connectivity index (χ2v) is 6.92. The number of carbonyl (C=O) groups excluding carboxylic acids is 2. The predicted molar refractivity (Wildman–Crippen MR) is 96.6 cm³/mol. The fraction of sp³-hybridized carbons (Fsp3) is 0.105. The Morgan fingerprint density at radius 3 is 2.54 bits per heavy atom. The molecule has 5 nitrogen and oxygen atoms in total. The van der Waals surface area contributed by atoms with Gasteiger partial charge in [0.1, 0.15) is 5.82 Å². The number of fused-ring (bicyclic) bond motifs is 1. The van der Waals surface area contributed by atoms with E-state index >= 15 is 0 Å². The summed E-state index contributed by atoms with van der Waals surface area (Å²) in [4.78, 5) is 30.6. The van der Waals surface area contributed by atoms with Crippen molar-refractivity contribution in [2.45, 2.75) is 13.0 Å². The Morgan fingerprint density at radius 2 is 1.88 bits per heavy atom. The highest BCUT2D eigenvalue weighted by molar-refractivity contribution is 7.22. The normalized spacial score (nSPS) is 17.4. The van der Waals surface area contributed by atoms with Crippen LogP contribution in [-0.2, 0) is 9.59 Å². The van der Waals surface area contributed by atoms with Crippen LogP contribution in [0.15, 0.2) is 59.9 Å². The number of aliphatic hydroxyl groups excluding tert-OH is 1. The van der Waals surface area contributed by atoms with Gasteiger partial charge in [-0.2, -0.15) is 0 Å². The minimum Gasteiger partial charge on any atom is -0.503 e. The third-order valence-corrected chi connectivity index (χ3v) is 5.30. The van der Waals surface area contributed by atoms with E-state index in [4.69, 9.17) is 0 Å². The van der Waals surface area contributed by atoms with Gasteiger partial charge < -0.3 is 5.11 Å². The van der Waals surface area contributed by atoms with E-state index in [1.54, 1.807) is 0 Å². The number of ketones is 1. The molecule has 0 radical (unpaired) electrons. The Bertz CT molecular complexity index is 1040. The lowest BCUT2D eigenvalue weighted by Gasteiger charge is -2.24. The predicted octanol–water partition coefficient (Wildman–Crippen LogP) is 3.92. The average molecular weight is 368 g/mol. The molecule has 0 unspecified atom stereocenters. The van der Waals surface area contributed by atoms with E-state index in [9.17, 15) is 19.1 Å². The quantitative estimate of drug-likeness (QED) is 0.761. The summed E-state index contributed by atoms with van der Waals surface area (Å²) in [5, 5.41) is 10.7. The van der Waals surface area contributed by atoms with E-state index in [1.165, 1.54) is 47.4 Å². The van der Waals surface area contributed by atoms with E-state index < -0.39 is 29.3 Å². The van der Waals surface area contributed by atoms with Crippen molar-refractivity contribution in [3.05, 3.63) is 71.2 Å². The van der Waals surface area contributed by atoms with Gasteiger partial charge in [0.05, 0.1) is 21.8 Å². The monoisotopic (exact) mass is 368 g/mol. The summed E-state index contributed by atoms with van der Waals surface area (Å²) in [7, 11) is 0. The van der Waals surface area contributed by atoms with Crippen molar-refractivity contribution in [2.75, 3.05) is 4.90 Å². The molecular weight excluding hydrogens is 355 g/mol. The van der Waals surface area contributed by atoms with Gasteiger partial charge in [0.25, 0.3) is 5.91 Å². The molecule has 0 spiro atoms. The molecule has 2 heterocycles. The summed E-state index contributed by atoms with van der Waals surface area (Å²) in [5.74, 6) is -2.13. The molecule has 1 amide bonds. The lowest BCUT2D eigenvalue weighted by Crippen LogP contribution is -2.30. The fourth-order valence-corrected chi connectivity index (χ4v) is 4.08.